The van der Waals surface area contributed by atoms with E-state index < -0.39 is 0 Å². The average Bonchev–Trinajstić information content (AvgIpc) is 3.19. The standard InChI is InChI=1S/C16H15ClN2O2S2/c17-13-11-6-1-2-7-12(11)23-14(13)15-18-19-16(21-15)22-9-10-5-3-4-8-20-10/h1-2,6-7,10H,3-5,8-9H2. The highest BCUT2D eigenvalue weighted by Gasteiger charge is 2.19. The summed E-state index contributed by atoms with van der Waals surface area (Å²) in [5.41, 5.74) is 0. The molecule has 1 atom stereocenters. The Morgan fingerprint density at radius 1 is 1.26 bits per heavy atom. The predicted octanol–water partition coefficient (Wildman–Crippen LogP) is 5.27. The SMILES string of the molecule is Clc1c(-c2nnc(SCC3CCCCO3)o2)sc2ccccc12. The van der Waals surface area contributed by atoms with Crippen molar-refractivity contribution in [3.63, 3.8) is 0 Å². The number of halogens is 1. The number of hydrogen-bond acceptors (Lipinski definition) is 6. The average molecular weight is 367 g/mol. The number of thioether (sulfide) groups is 1. The van der Waals surface area contributed by atoms with Gasteiger partial charge in [-0.2, -0.15) is 0 Å². The van der Waals surface area contributed by atoms with Crippen molar-refractivity contribution in [3.8, 4) is 10.8 Å². The predicted molar refractivity (Wildman–Crippen MR) is 94.4 cm³/mol. The second-order valence-corrected chi connectivity index (χ2v) is 7.82. The van der Waals surface area contributed by atoms with Crippen LogP contribution in [0.25, 0.3) is 20.9 Å². The van der Waals surface area contributed by atoms with Crippen LogP contribution < -0.4 is 0 Å². The van der Waals surface area contributed by atoms with Crippen LogP contribution in [0.2, 0.25) is 5.02 Å². The second-order valence-electron chi connectivity index (χ2n) is 5.41. The van der Waals surface area contributed by atoms with E-state index in [0.717, 1.165) is 40.2 Å². The van der Waals surface area contributed by atoms with Crippen molar-refractivity contribution in [2.75, 3.05) is 12.4 Å². The van der Waals surface area contributed by atoms with Crippen LogP contribution >= 0.6 is 34.7 Å². The molecule has 1 unspecified atom stereocenters. The minimum absolute atomic E-state index is 0.289. The molecule has 3 heterocycles. The van der Waals surface area contributed by atoms with Gasteiger partial charge in [0.2, 0.25) is 0 Å². The molecule has 7 heteroatoms. The van der Waals surface area contributed by atoms with Crippen LogP contribution in [0.3, 0.4) is 0 Å². The maximum Gasteiger partial charge on any atom is 0.276 e. The van der Waals surface area contributed by atoms with Gasteiger partial charge in [0, 0.05) is 22.4 Å². The number of rotatable bonds is 4. The van der Waals surface area contributed by atoms with Gasteiger partial charge in [-0.15, -0.1) is 21.5 Å². The first-order valence-corrected chi connectivity index (χ1v) is 9.74. The van der Waals surface area contributed by atoms with Crippen LogP contribution in [0.15, 0.2) is 33.9 Å². The lowest BCUT2D eigenvalue weighted by atomic mass is 10.1. The van der Waals surface area contributed by atoms with Crippen molar-refractivity contribution >= 4 is 44.8 Å². The van der Waals surface area contributed by atoms with Gasteiger partial charge in [0.05, 0.1) is 11.1 Å². The van der Waals surface area contributed by atoms with E-state index in [1.807, 2.05) is 24.3 Å². The molecule has 0 N–H and O–H groups in total. The summed E-state index contributed by atoms with van der Waals surface area (Å²) in [6, 6.07) is 8.02. The fraction of sp³-hybridized carbons (Fsp3) is 0.375. The number of nitrogens with zero attached hydrogens (tertiary/aromatic N) is 2. The van der Waals surface area contributed by atoms with Gasteiger partial charge >= 0.3 is 0 Å². The molecule has 0 saturated carbocycles. The Balaban J connectivity index is 1.51. The Hall–Kier alpha value is -1.08. The van der Waals surface area contributed by atoms with Gasteiger partial charge in [0.1, 0.15) is 4.88 Å². The molecule has 1 aromatic carbocycles. The molecule has 1 aliphatic heterocycles. The molecule has 23 heavy (non-hydrogen) atoms. The van der Waals surface area contributed by atoms with Crippen LogP contribution in [0.1, 0.15) is 19.3 Å². The van der Waals surface area contributed by atoms with E-state index in [4.69, 9.17) is 20.8 Å². The first-order chi connectivity index (χ1) is 11.3. The minimum atomic E-state index is 0.289. The quantitative estimate of drug-likeness (QED) is 0.589. The van der Waals surface area contributed by atoms with E-state index in [1.54, 1.807) is 23.1 Å². The highest BCUT2D eigenvalue weighted by atomic mass is 35.5. The molecule has 1 aliphatic rings. The molecule has 0 spiro atoms. The fourth-order valence-electron chi connectivity index (χ4n) is 2.61. The summed E-state index contributed by atoms with van der Waals surface area (Å²) >= 11 is 9.58. The Morgan fingerprint density at radius 2 is 2.17 bits per heavy atom. The van der Waals surface area contributed by atoms with Crippen LogP contribution in [0.5, 0.6) is 0 Å². The lowest BCUT2D eigenvalue weighted by Crippen LogP contribution is -2.21. The summed E-state index contributed by atoms with van der Waals surface area (Å²) in [7, 11) is 0. The zero-order valence-corrected chi connectivity index (χ0v) is 14.7. The largest absolute Gasteiger partial charge is 0.410 e. The maximum absolute atomic E-state index is 6.46. The maximum atomic E-state index is 6.46. The van der Waals surface area contributed by atoms with E-state index in [1.165, 1.54) is 6.42 Å². The van der Waals surface area contributed by atoms with E-state index in [2.05, 4.69) is 10.2 Å². The summed E-state index contributed by atoms with van der Waals surface area (Å²) in [6.45, 7) is 0.859. The molecular weight excluding hydrogens is 352 g/mol. The molecule has 120 valence electrons. The van der Waals surface area contributed by atoms with Crippen molar-refractivity contribution in [1.82, 2.24) is 10.2 Å². The zero-order chi connectivity index (χ0) is 15.6. The number of fused-ring (bicyclic) bond motifs is 1. The first-order valence-electron chi connectivity index (χ1n) is 7.56. The van der Waals surface area contributed by atoms with Crippen molar-refractivity contribution in [3.05, 3.63) is 29.3 Å². The number of ether oxygens (including phenoxy) is 1. The molecule has 4 nitrogen and oxygen atoms in total. The van der Waals surface area contributed by atoms with E-state index in [0.29, 0.717) is 16.1 Å². The Bertz CT molecular complexity index is 811. The molecule has 0 aliphatic carbocycles. The van der Waals surface area contributed by atoms with Gasteiger partial charge in [0.25, 0.3) is 11.1 Å². The Kier molecular flexibility index (Phi) is 4.57. The number of benzene rings is 1. The van der Waals surface area contributed by atoms with E-state index in [9.17, 15) is 0 Å². The van der Waals surface area contributed by atoms with Crippen LogP contribution in [0, 0.1) is 0 Å². The molecule has 0 radical (unpaired) electrons. The third kappa shape index (κ3) is 3.26. The third-order valence-electron chi connectivity index (χ3n) is 3.80. The Labute approximate surface area is 147 Å². The highest BCUT2D eigenvalue weighted by molar-refractivity contribution is 7.99. The van der Waals surface area contributed by atoms with Gasteiger partial charge in [-0.25, -0.2) is 0 Å². The van der Waals surface area contributed by atoms with Crippen LogP contribution in [-0.2, 0) is 4.74 Å². The number of thiophene rings is 1. The van der Waals surface area contributed by atoms with Gasteiger partial charge in [-0.3, -0.25) is 0 Å². The summed E-state index contributed by atoms with van der Waals surface area (Å²) in [4.78, 5) is 0.834. The smallest absolute Gasteiger partial charge is 0.276 e. The monoisotopic (exact) mass is 366 g/mol. The van der Waals surface area contributed by atoms with Crippen LogP contribution in [-0.4, -0.2) is 28.7 Å². The summed E-state index contributed by atoms with van der Waals surface area (Å²) in [5, 5.41) is 10.6. The zero-order valence-electron chi connectivity index (χ0n) is 12.3. The van der Waals surface area contributed by atoms with Gasteiger partial charge in [0.15, 0.2) is 0 Å². The third-order valence-corrected chi connectivity index (χ3v) is 6.42. The number of aromatic nitrogens is 2. The van der Waals surface area contributed by atoms with Crippen molar-refractivity contribution in [2.24, 2.45) is 0 Å². The summed E-state index contributed by atoms with van der Waals surface area (Å²) < 4.78 is 12.6. The van der Waals surface area contributed by atoms with Crippen molar-refractivity contribution < 1.29 is 9.15 Å². The summed E-state index contributed by atoms with van der Waals surface area (Å²) in [6.07, 6.45) is 3.79. The number of hydrogen-bond donors (Lipinski definition) is 0. The van der Waals surface area contributed by atoms with Gasteiger partial charge in [-0.1, -0.05) is 41.6 Å². The lowest BCUT2D eigenvalue weighted by molar-refractivity contribution is 0.0314. The summed E-state index contributed by atoms with van der Waals surface area (Å²) in [5.74, 6) is 1.34. The second kappa shape index (κ2) is 6.81. The molecule has 2 aromatic heterocycles. The Morgan fingerprint density at radius 3 is 3.00 bits per heavy atom. The molecule has 0 bridgehead atoms. The van der Waals surface area contributed by atoms with Crippen molar-refractivity contribution in [2.45, 2.75) is 30.6 Å². The van der Waals surface area contributed by atoms with Crippen LogP contribution in [0.4, 0.5) is 0 Å². The minimum Gasteiger partial charge on any atom is -0.410 e. The lowest BCUT2D eigenvalue weighted by Gasteiger charge is -2.21. The van der Waals surface area contributed by atoms with E-state index in [-0.39, 0.29) is 6.10 Å². The molecule has 1 saturated heterocycles. The normalized spacial score (nSPS) is 18.6. The molecule has 0 amide bonds. The topological polar surface area (TPSA) is 48.2 Å². The highest BCUT2D eigenvalue weighted by Crippen LogP contribution is 2.41. The van der Waals surface area contributed by atoms with Gasteiger partial charge in [-0.05, 0) is 25.3 Å². The van der Waals surface area contributed by atoms with E-state index >= 15 is 0 Å². The van der Waals surface area contributed by atoms with Gasteiger partial charge < -0.3 is 9.15 Å². The molecule has 1 fully saturated rings. The van der Waals surface area contributed by atoms with Crippen molar-refractivity contribution in [1.29, 1.82) is 0 Å². The first kappa shape index (κ1) is 15.4. The fourth-order valence-corrected chi connectivity index (χ4v) is 4.88. The molecule has 3 aromatic rings. The molecule has 4 rings (SSSR count). The molecular formula is C16H15ClN2O2S2.